The molecule has 0 saturated heterocycles. The Balaban J connectivity index is 2.18. The highest BCUT2D eigenvalue weighted by molar-refractivity contribution is 5.88. The third kappa shape index (κ3) is 7.17. The maximum Gasteiger partial charge on any atom is 0.261 e. The molecule has 5 nitrogen and oxygen atoms in total. The van der Waals surface area contributed by atoms with Gasteiger partial charge < -0.3 is 15.0 Å². The number of rotatable bonds is 7. The van der Waals surface area contributed by atoms with Gasteiger partial charge in [-0.2, -0.15) is 0 Å². The lowest BCUT2D eigenvalue weighted by Gasteiger charge is -2.31. The second-order valence-electron chi connectivity index (χ2n) is 8.68. The summed E-state index contributed by atoms with van der Waals surface area (Å²) < 4.78 is 19.0. The zero-order chi connectivity index (χ0) is 22.5. The first-order valence-corrected chi connectivity index (χ1v) is 10.0. The molecule has 0 radical (unpaired) electrons. The minimum atomic E-state index is -0.718. The van der Waals surface area contributed by atoms with Crippen LogP contribution in [0.5, 0.6) is 5.75 Å². The van der Waals surface area contributed by atoms with E-state index in [9.17, 15) is 14.0 Å². The third-order valence-electron chi connectivity index (χ3n) is 4.49. The Hall–Kier alpha value is -2.89. The molecular weight excluding hydrogens is 383 g/mol. The van der Waals surface area contributed by atoms with Gasteiger partial charge in [0.25, 0.3) is 5.91 Å². The number of ether oxygens (including phenoxy) is 1. The van der Waals surface area contributed by atoms with E-state index in [1.807, 2.05) is 52.8 Å². The van der Waals surface area contributed by atoms with Crippen molar-refractivity contribution in [3.05, 3.63) is 65.0 Å². The quantitative estimate of drug-likeness (QED) is 0.740. The third-order valence-corrected chi connectivity index (χ3v) is 4.49. The molecule has 0 aliphatic heterocycles. The average Bonchev–Trinajstić information content (AvgIpc) is 2.63. The van der Waals surface area contributed by atoms with Crippen LogP contribution >= 0.6 is 0 Å². The SMILES string of the molecule is Cc1cc(C)cc(OCC(=O)N(Cc2ccc(F)cc2)C(C)C(=O)NC(C)(C)C)c1. The van der Waals surface area contributed by atoms with E-state index in [4.69, 9.17) is 4.74 Å². The molecule has 0 bridgehead atoms. The molecule has 1 N–H and O–H groups in total. The van der Waals surface area contributed by atoms with Crippen molar-refractivity contribution >= 4 is 11.8 Å². The van der Waals surface area contributed by atoms with Crippen molar-refractivity contribution in [2.75, 3.05) is 6.61 Å². The Kier molecular flexibility index (Phi) is 7.59. The van der Waals surface area contributed by atoms with Crippen LogP contribution in [0.1, 0.15) is 44.4 Å². The molecular formula is C24H31FN2O3. The van der Waals surface area contributed by atoms with Gasteiger partial charge in [-0.3, -0.25) is 9.59 Å². The van der Waals surface area contributed by atoms with Crippen LogP contribution in [0, 0.1) is 19.7 Å². The largest absolute Gasteiger partial charge is 0.484 e. The van der Waals surface area contributed by atoms with Crippen LogP contribution in [0.3, 0.4) is 0 Å². The molecule has 0 aliphatic carbocycles. The predicted molar refractivity (Wildman–Crippen MR) is 116 cm³/mol. The fraction of sp³-hybridized carbons (Fsp3) is 0.417. The Labute approximate surface area is 178 Å². The van der Waals surface area contributed by atoms with Gasteiger partial charge in [-0.05, 0) is 82.5 Å². The van der Waals surface area contributed by atoms with Gasteiger partial charge in [-0.25, -0.2) is 4.39 Å². The number of benzene rings is 2. The lowest BCUT2D eigenvalue weighted by molar-refractivity contribution is -0.142. The van der Waals surface area contributed by atoms with Gasteiger partial charge in [-0.15, -0.1) is 0 Å². The van der Waals surface area contributed by atoms with Gasteiger partial charge in [0.15, 0.2) is 6.61 Å². The lowest BCUT2D eigenvalue weighted by Crippen LogP contribution is -2.53. The van der Waals surface area contributed by atoms with E-state index in [-0.39, 0.29) is 30.8 Å². The molecule has 2 rings (SSSR count). The van der Waals surface area contributed by atoms with Crippen LogP contribution < -0.4 is 10.1 Å². The second kappa shape index (κ2) is 9.74. The second-order valence-corrected chi connectivity index (χ2v) is 8.68. The summed E-state index contributed by atoms with van der Waals surface area (Å²) in [7, 11) is 0. The number of aryl methyl sites for hydroxylation is 2. The minimum Gasteiger partial charge on any atom is -0.484 e. The fourth-order valence-corrected chi connectivity index (χ4v) is 3.09. The normalized spacial score (nSPS) is 12.2. The van der Waals surface area contributed by atoms with Crippen LogP contribution in [-0.2, 0) is 16.1 Å². The number of amides is 2. The van der Waals surface area contributed by atoms with Crippen molar-refractivity contribution in [2.45, 2.75) is 59.7 Å². The summed E-state index contributed by atoms with van der Waals surface area (Å²) in [5.41, 5.74) is 2.38. The molecule has 0 fully saturated rings. The van der Waals surface area contributed by atoms with Gasteiger partial charge in [0, 0.05) is 12.1 Å². The van der Waals surface area contributed by atoms with Gasteiger partial charge in [0.1, 0.15) is 17.6 Å². The summed E-state index contributed by atoms with van der Waals surface area (Å²) in [6, 6.07) is 10.9. The Morgan fingerprint density at radius 3 is 2.17 bits per heavy atom. The first-order valence-electron chi connectivity index (χ1n) is 10.0. The van der Waals surface area contributed by atoms with Gasteiger partial charge in [0.2, 0.25) is 5.91 Å². The van der Waals surface area contributed by atoms with Crippen molar-refractivity contribution in [1.29, 1.82) is 0 Å². The fourth-order valence-electron chi connectivity index (χ4n) is 3.09. The highest BCUT2D eigenvalue weighted by Gasteiger charge is 2.28. The Morgan fingerprint density at radius 2 is 1.63 bits per heavy atom. The Morgan fingerprint density at radius 1 is 1.07 bits per heavy atom. The average molecular weight is 415 g/mol. The minimum absolute atomic E-state index is 0.175. The van der Waals surface area contributed by atoms with E-state index in [0.717, 1.165) is 16.7 Å². The van der Waals surface area contributed by atoms with Crippen molar-refractivity contribution in [2.24, 2.45) is 0 Å². The number of carbonyl (C=O) groups is 2. The molecule has 0 saturated carbocycles. The summed E-state index contributed by atoms with van der Waals surface area (Å²) >= 11 is 0. The smallest absolute Gasteiger partial charge is 0.261 e. The molecule has 1 unspecified atom stereocenters. The van der Waals surface area contributed by atoms with E-state index >= 15 is 0 Å². The molecule has 1 atom stereocenters. The summed E-state index contributed by atoms with van der Waals surface area (Å²) in [5.74, 6) is -0.331. The van der Waals surface area contributed by atoms with Crippen LogP contribution in [0.4, 0.5) is 4.39 Å². The van der Waals surface area contributed by atoms with E-state index in [1.165, 1.54) is 17.0 Å². The molecule has 162 valence electrons. The standard InChI is InChI=1S/C24H31FN2O3/c1-16-11-17(2)13-21(12-16)30-15-22(28)27(14-19-7-9-20(25)10-8-19)18(3)23(29)26-24(4,5)6/h7-13,18H,14-15H2,1-6H3,(H,26,29). The van der Waals surface area contributed by atoms with Gasteiger partial charge in [0.05, 0.1) is 0 Å². The number of halogens is 1. The molecule has 0 aromatic heterocycles. The highest BCUT2D eigenvalue weighted by Crippen LogP contribution is 2.17. The van der Waals surface area contributed by atoms with Gasteiger partial charge in [-0.1, -0.05) is 18.2 Å². The van der Waals surface area contributed by atoms with E-state index < -0.39 is 11.6 Å². The number of nitrogens with zero attached hydrogens (tertiary/aromatic N) is 1. The summed E-state index contributed by atoms with van der Waals surface area (Å²) in [4.78, 5) is 27.2. The Bertz CT molecular complexity index is 868. The van der Waals surface area contributed by atoms with E-state index in [0.29, 0.717) is 5.75 Å². The lowest BCUT2D eigenvalue weighted by atomic mass is 10.1. The molecule has 2 aromatic carbocycles. The van der Waals surface area contributed by atoms with Crippen LogP contribution in [0.25, 0.3) is 0 Å². The van der Waals surface area contributed by atoms with Crippen molar-refractivity contribution in [1.82, 2.24) is 10.2 Å². The molecule has 30 heavy (non-hydrogen) atoms. The highest BCUT2D eigenvalue weighted by atomic mass is 19.1. The monoisotopic (exact) mass is 414 g/mol. The number of nitrogens with one attached hydrogen (secondary N) is 1. The molecule has 0 spiro atoms. The number of hydrogen-bond acceptors (Lipinski definition) is 3. The van der Waals surface area contributed by atoms with E-state index in [1.54, 1.807) is 19.1 Å². The van der Waals surface area contributed by atoms with Gasteiger partial charge >= 0.3 is 0 Å². The zero-order valence-corrected chi connectivity index (χ0v) is 18.6. The summed E-state index contributed by atoms with van der Waals surface area (Å²) in [6.07, 6.45) is 0. The van der Waals surface area contributed by atoms with Crippen LogP contribution in [-0.4, -0.2) is 34.9 Å². The topological polar surface area (TPSA) is 58.6 Å². The van der Waals surface area contributed by atoms with E-state index in [2.05, 4.69) is 5.32 Å². The van der Waals surface area contributed by atoms with Crippen molar-refractivity contribution < 1.29 is 18.7 Å². The maximum atomic E-state index is 13.3. The first-order chi connectivity index (χ1) is 13.9. The molecule has 6 heteroatoms. The molecule has 2 aromatic rings. The number of hydrogen-bond donors (Lipinski definition) is 1. The van der Waals surface area contributed by atoms with Crippen LogP contribution in [0.2, 0.25) is 0 Å². The van der Waals surface area contributed by atoms with Crippen molar-refractivity contribution in [3.63, 3.8) is 0 Å². The first kappa shape index (κ1) is 23.4. The van der Waals surface area contributed by atoms with Crippen LogP contribution in [0.15, 0.2) is 42.5 Å². The van der Waals surface area contributed by atoms with Crippen molar-refractivity contribution in [3.8, 4) is 5.75 Å². The molecule has 2 amide bonds. The maximum absolute atomic E-state index is 13.3. The zero-order valence-electron chi connectivity index (χ0n) is 18.6. The molecule has 0 heterocycles. The number of carbonyl (C=O) groups excluding carboxylic acids is 2. The molecule has 0 aliphatic rings. The predicted octanol–water partition coefficient (Wildman–Crippen LogP) is 4.15. The summed E-state index contributed by atoms with van der Waals surface area (Å²) in [6.45, 7) is 11.2. The summed E-state index contributed by atoms with van der Waals surface area (Å²) in [5, 5.41) is 2.90.